The van der Waals surface area contributed by atoms with E-state index in [0.29, 0.717) is 76.8 Å². The minimum atomic E-state index is -0.470. The first-order valence-electron chi connectivity index (χ1n) is 27.6. The minimum absolute atomic E-state index is 0.0455. The van der Waals surface area contributed by atoms with Gasteiger partial charge in [0, 0.05) is 84.8 Å². The number of aryl methyl sites for hydroxylation is 4. The average Bonchev–Trinajstić information content (AvgIpc) is 4.27. The van der Waals surface area contributed by atoms with E-state index < -0.39 is 5.60 Å². The van der Waals surface area contributed by atoms with Crippen molar-refractivity contribution in [2.75, 3.05) is 92.9 Å². The molecule has 1 unspecified atom stereocenters. The summed E-state index contributed by atoms with van der Waals surface area (Å²) in [7, 11) is 0. The zero-order valence-corrected chi connectivity index (χ0v) is 44.1. The van der Waals surface area contributed by atoms with Crippen LogP contribution in [0.15, 0.2) is 85.2 Å². The van der Waals surface area contributed by atoms with Gasteiger partial charge in [-0.15, -0.1) is 0 Å². The van der Waals surface area contributed by atoms with Crippen LogP contribution in [-0.2, 0) is 44.7 Å². The zero-order valence-electron chi connectivity index (χ0n) is 44.1. The maximum absolute atomic E-state index is 12.9. The highest BCUT2D eigenvalue weighted by Crippen LogP contribution is 2.48. The van der Waals surface area contributed by atoms with Crippen LogP contribution in [0.4, 0.5) is 34.6 Å². The number of nitrogens with one attached hydrogen (secondary N) is 3. The van der Waals surface area contributed by atoms with Crippen LogP contribution in [0.5, 0.6) is 23.0 Å². The molecule has 6 aromatic rings. The molecule has 3 saturated heterocycles. The van der Waals surface area contributed by atoms with Gasteiger partial charge < -0.3 is 58.9 Å². The Balaban J connectivity index is 0.000000149. The highest BCUT2D eigenvalue weighted by molar-refractivity contribution is 5.77. The van der Waals surface area contributed by atoms with E-state index in [2.05, 4.69) is 84.2 Å². The van der Waals surface area contributed by atoms with E-state index in [4.69, 9.17) is 43.1 Å². The Morgan fingerprint density at radius 2 is 1.12 bits per heavy atom. The van der Waals surface area contributed by atoms with Crippen molar-refractivity contribution in [2.24, 2.45) is 11.8 Å². The molecule has 14 rings (SSSR count). The molecule has 3 N–H and O–H groups in total. The fraction of sp³-hybridized carbons (Fsp3) is 0.450. The molecule has 0 spiro atoms. The van der Waals surface area contributed by atoms with Gasteiger partial charge in [-0.3, -0.25) is 4.79 Å². The number of hydrogen-bond donors (Lipinski definition) is 3. The number of carbonyl (C=O) groups excluding carboxylic acids is 1. The Kier molecular flexibility index (Phi) is 13.4. The topological polar surface area (TPSA) is 176 Å². The summed E-state index contributed by atoms with van der Waals surface area (Å²) >= 11 is 0. The summed E-state index contributed by atoms with van der Waals surface area (Å²) in [6.45, 7) is 12.4. The molecular weight excluding hydrogens is 975 g/mol. The second kappa shape index (κ2) is 21.0. The van der Waals surface area contributed by atoms with Crippen molar-refractivity contribution >= 4 is 40.6 Å². The van der Waals surface area contributed by atoms with E-state index in [1.165, 1.54) is 23.1 Å². The van der Waals surface area contributed by atoms with Gasteiger partial charge in [0.25, 0.3) is 0 Å². The molecule has 2 aromatic heterocycles. The van der Waals surface area contributed by atoms with Crippen molar-refractivity contribution in [1.82, 2.24) is 25.3 Å². The van der Waals surface area contributed by atoms with Gasteiger partial charge in [0.15, 0.2) is 0 Å². The zero-order chi connectivity index (χ0) is 52.0. The second-order valence-corrected chi connectivity index (χ2v) is 22.3. The van der Waals surface area contributed by atoms with E-state index in [1.807, 2.05) is 57.4 Å². The molecule has 0 amide bonds. The van der Waals surface area contributed by atoms with Crippen molar-refractivity contribution in [1.29, 1.82) is 0 Å². The number of ether oxygens (including phenoxy) is 7. The van der Waals surface area contributed by atoms with Crippen LogP contribution in [-0.4, -0.2) is 122 Å². The van der Waals surface area contributed by atoms with E-state index in [-0.39, 0.29) is 23.8 Å². The van der Waals surface area contributed by atoms with Gasteiger partial charge in [-0.05, 0) is 142 Å². The van der Waals surface area contributed by atoms with Crippen LogP contribution in [0.3, 0.4) is 0 Å². The summed E-state index contributed by atoms with van der Waals surface area (Å²) in [5.41, 5.74) is 12.5. The predicted molar refractivity (Wildman–Crippen MR) is 294 cm³/mol. The summed E-state index contributed by atoms with van der Waals surface area (Å²) < 4.78 is 41.9. The van der Waals surface area contributed by atoms with Gasteiger partial charge in [-0.2, -0.15) is 0 Å². The van der Waals surface area contributed by atoms with Gasteiger partial charge in [-0.1, -0.05) is 12.1 Å². The van der Waals surface area contributed by atoms with Crippen molar-refractivity contribution in [3.63, 3.8) is 0 Å². The summed E-state index contributed by atoms with van der Waals surface area (Å²) in [6, 6.07) is 26.3. The van der Waals surface area contributed by atoms with Crippen LogP contribution < -0.4 is 44.7 Å². The third-order valence-electron chi connectivity index (χ3n) is 16.1. The molecule has 4 fully saturated rings. The first-order chi connectivity index (χ1) is 37.6. The molecule has 17 heteroatoms. The highest BCUT2D eigenvalue weighted by atomic mass is 16.6. The monoisotopic (exact) mass is 1040 g/mol. The fourth-order valence-electron chi connectivity index (χ4n) is 12.5. The van der Waals surface area contributed by atoms with Crippen LogP contribution in [0.25, 0.3) is 22.5 Å². The molecule has 400 valence electrons. The Bertz CT molecular complexity index is 3190. The number of aromatic nitrogens is 4. The van der Waals surface area contributed by atoms with Gasteiger partial charge >= 0.3 is 5.97 Å². The van der Waals surface area contributed by atoms with E-state index >= 15 is 0 Å². The smallest absolute Gasteiger partial charge is 0.309 e. The number of esters is 1. The number of anilines is 6. The summed E-state index contributed by atoms with van der Waals surface area (Å²) in [5.74, 6) is 4.56. The van der Waals surface area contributed by atoms with Crippen molar-refractivity contribution in [3.05, 3.63) is 107 Å². The number of fused-ring (bicyclic) bond motifs is 12. The first-order valence-corrected chi connectivity index (χ1v) is 27.6. The third kappa shape index (κ3) is 10.5. The first kappa shape index (κ1) is 49.4. The van der Waals surface area contributed by atoms with Gasteiger partial charge in [0.05, 0.1) is 55.1 Å². The quantitative estimate of drug-likeness (QED) is 0.144. The standard InChI is InChI=1S/C33H38N4O5.C27H29N5O3/c1-33(2,3)42-31(38)27-16-24-14-22(27)19-37(24)28-9-7-23-15-29(28)41-13-11-39-10-12-40-25-8-6-20-4-5-21-18-34-32(35-23)36-30(21)26(20)17-25;1-2-18-14-29-27-30-19-4-6-24(32-16-20-11-21(32)15-28-20)25(12-19)35-10-8-33-7-9-34-22-5-3-17(1)23(13-22)26(18)31-27/h6-9,15,17-18,22,24,27H,4-5,10-14,16,19H2,1-3H3,(H,34,35,36);3-6,12-14,20-21,28H,1-2,7-11,15-16H2,(H,29,30,31)/t22-,24-,27?;20-,21-/m11/s1. The molecule has 8 aliphatic rings. The Morgan fingerprint density at radius 1 is 0.584 bits per heavy atom. The Labute approximate surface area is 449 Å². The molecule has 17 nitrogen and oxygen atoms in total. The number of rotatable bonds is 3. The maximum atomic E-state index is 12.9. The summed E-state index contributed by atoms with van der Waals surface area (Å²) in [4.78, 5) is 36.9. The summed E-state index contributed by atoms with van der Waals surface area (Å²) in [5, 5.41) is 10.4. The average molecular weight is 1040 g/mol. The fourth-order valence-corrected chi connectivity index (χ4v) is 12.5. The van der Waals surface area contributed by atoms with Crippen molar-refractivity contribution in [2.45, 2.75) is 89.4 Å². The predicted octanol–water partition coefficient (Wildman–Crippen LogP) is 8.65. The molecule has 5 atom stereocenters. The third-order valence-corrected chi connectivity index (χ3v) is 16.1. The number of piperidine rings is 1. The largest absolute Gasteiger partial charge is 0.491 e. The van der Waals surface area contributed by atoms with Gasteiger partial charge in [0.1, 0.15) is 55.0 Å². The van der Waals surface area contributed by atoms with Crippen molar-refractivity contribution < 1.29 is 38.0 Å². The number of benzene rings is 4. The lowest BCUT2D eigenvalue weighted by Gasteiger charge is -2.34. The highest BCUT2D eigenvalue weighted by Gasteiger charge is 2.49. The number of hydrogen-bond acceptors (Lipinski definition) is 17. The Hall–Kier alpha value is -7.21. The lowest BCUT2D eigenvalue weighted by molar-refractivity contribution is -0.161. The molecule has 16 bridgehead atoms. The SMILES string of the molecule is CC(C)(C)OC(=O)C1C[C@H]2C[C@@H]1CN2c1ccc2cc1OCCOCCOc1ccc3c(c1)-c1nc(ncc1CC3)N2.c1cc(N2C[C@H]3C[C@@H]2CN3)c2cc1Nc1ncc3c(n1)-c1cc(ccc1CC3)OCCOCCO2. The molecule has 1 saturated carbocycles. The van der Waals surface area contributed by atoms with E-state index in [0.717, 1.165) is 132 Å². The van der Waals surface area contributed by atoms with E-state index in [1.54, 1.807) is 0 Å². The molecule has 3 aliphatic carbocycles. The minimum Gasteiger partial charge on any atom is -0.491 e. The van der Waals surface area contributed by atoms with Crippen LogP contribution in [0.2, 0.25) is 0 Å². The number of nitrogens with zero attached hydrogens (tertiary/aromatic N) is 6. The Morgan fingerprint density at radius 3 is 1.61 bits per heavy atom. The maximum Gasteiger partial charge on any atom is 0.309 e. The number of piperazine rings is 1. The molecule has 5 aliphatic heterocycles. The van der Waals surface area contributed by atoms with E-state index in [9.17, 15) is 4.79 Å². The molecular formula is C60H67N9O8. The molecule has 4 aromatic carbocycles. The molecule has 0 radical (unpaired) electrons. The lowest BCUT2D eigenvalue weighted by Crippen LogP contribution is -2.43. The molecule has 77 heavy (non-hydrogen) atoms. The molecule has 7 heterocycles. The van der Waals surface area contributed by atoms with Crippen molar-refractivity contribution in [3.8, 4) is 45.5 Å². The lowest BCUT2D eigenvalue weighted by atomic mass is 9.90. The number of carbonyl (C=O) groups is 1. The van der Waals surface area contributed by atoms with Gasteiger partial charge in [-0.25, -0.2) is 19.9 Å². The van der Waals surface area contributed by atoms with Crippen LogP contribution >= 0.6 is 0 Å². The normalized spacial score (nSPS) is 22.9. The summed E-state index contributed by atoms with van der Waals surface area (Å²) in [6.07, 6.45) is 10.6. The second-order valence-electron chi connectivity index (χ2n) is 22.3. The van der Waals surface area contributed by atoms with Gasteiger partial charge in [0.2, 0.25) is 11.9 Å². The van der Waals surface area contributed by atoms with Crippen LogP contribution in [0, 0.1) is 11.8 Å². The van der Waals surface area contributed by atoms with Crippen LogP contribution in [0.1, 0.15) is 62.3 Å².